The largest absolute Gasteiger partial charge is 0.458 e. The highest BCUT2D eigenvalue weighted by atomic mass is 16.6. The molecule has 3 fully saturated rings. The minimum absolute atomic E-state index is 0.0196. The third-order valence-corrected chi connectivity index (χ3v) is 13.7. The van der Waals surface area contributed by atoms with E-state index < -0.39 is 118 Å². The number of rotatable bonds is 11. The van der Waals surface area contributed by atoms with E-state index in [1.54, 1.807) is 83.1 Å². The Morgan fingerprint density at radius 2 is 1.56 bits per heavy atom. The minimum Gasteiger partial charge on any atom is -0.458 e. The highest BCUT2D eigenvalue weighted by molar-refractivity contribution is 5.94. The lowest BCUT2D eigenvalue weighted by molar-refractivity contribution is -0.296. The molecular formula is C47H60N2O14. The molecule has 0 spiro atoms. The zero-order valence-corrected chi connectivity index (χ0v) is 37.3. The van der Waals surface area contributed by atoms with Crippen LogP contribution in [0.25, 0.3) is 0 Å². The number of aliphatic hydroxyl groups excluding tert-OH is 2. The summed E-state index contributed by atoms with van der Waals surface area (Å²) in [5.41, 5.74) is -7.90. The lowest BCUT2D eigenvalue weighted by atomic mass is 9.41. The summed E-state index contributed by atoms with van der Waals surface area (Å²) in [4.78, 5) is 83.7. The van der Waals surface area contributed by atoms with Crippen LogP contribution in [0.15, 0.2) is 71.8 Å². The Morgan fingerprint density at radius 3 is 2.11 bits per heavy atom. The first-order valence-corrected chi connectivity index (χ1v) is 21.3. The molecule has 63 heavy (non-hydrogen) atoms. The standard InChI is InChI=1S/C47H60N2O14/c1-25-30(59-41(56)36(60-32(52)24-48-9)34(27-16-12-10-13-17-27)49-42(57)63-43(3,4)5)23-47(58)39(61-40(55)28-18-14-11-15-19-28)37-45(8,38(54)35(53)33(25)44(47,6)7)31(51)22-29-20-21-46(29,37)62-26(2)50/h10-19,29-31,34-37,39,48,51,53,58H,20-24H2,1-9H3,(H,49,57)/t29-,30+,31+,34+,35-,36-,37+,39+,45-,46+,47-/m1/s1. The van der Waals surface area contributed by atoms with E-state index in [-0.39, 0.29) is 36.1 Å². The van der Waals surface area contributed by atoms with Gasteiger partial charge in [0.2, 0.25) is 6.10 Å². The molecule has 2 bridgehead atoms. The Balaban J connectivity index is 1.53. The van der Waals surface area contributed by atoms with Gasteiger partial charge in [-0.05, 0) is 89.8 Å². The number of fused-ring (bicyclic) bond motifs is 5. The van der Waals surface area contributed by atoms with Crippen molar-refractivity contribution in [3.05, 3.63) is 82.9 Å². The van der Waals surface area contributed by atoms with Crippen LogP contribution < -0.4 is 10.6 Å². The fraction of sp³-hybridized carbons (Fsp3) is 0.574. The van der Waals surface area contributed by atoms with Crippen molar-refractivity contribution in [1.82, 2.24) is 10.6 Å². The van der Waals surface area contributed by atoms with E-state index in [0.717, 1.165) is 0 Å². The quantitative estimate of drug-likeness (QED) is 0.122. The molecule has 0 saturated heterocycles. The second-order valence-corrected chi connectivity index (χ2v) is 19.0. The molecule has 3 saturated carbocycles. The Morgan fingerprint density at radius 1 is 0.937 bits per heavy atom. The molecule has 16 heteroatoms. The number of hydrogen-bond donors (Lipinski definition) is 5. The van der Waals surface area contributed by atoms with Crippen LogP contribution in [0.5, 0.6) is 0 Å². The van der Waals surface area contributed by atoms with Crippen LogP contribution in [0.3, 0.4) is 0 Å². The molecule has 0 heterocycles. The molecule has 342 valence electrons. The van der Waals surface area contributed by atoms with E-state index in [1.807, 2.05) is 0 Å². The van der Waals surface area contributed by atoms with E-state index >= 15 is 4.79 Å². The molecule has 1 amide bonds. The number of aliphatic hydroxyl groups is 3. The summed E-state index contributed by atoms with van der Waals surface area (Å²) in [7, 11) is 1.49. The summed E-state index contributed by atoms with van der Waals surface area (Å²) in [6.07, 6.45) is -9.33. The second kappa shape index (κ2) is 17.4. The molecule has 0 unspecified atom stereocenters. The summed E-state index contributed by atoms with van der Waals surface area (Å²) in [6.45, 7) is 11.9. The number of benzene rings is 2. The van der Waals surface area contributed by atoms with Gasteiger partial charge in [-0.3, -0.25) is 14.4 Å². The maximum absolute atomic E-state index is 15.1. The smallest absolute Gasteiger partial charge is 0.408 e. The zero-order chi connectivity index (χ0) is 46.4. The number of Topliss-reactive ketones (excluding diaryl/α,β-unsaturated/α-hetero) is 1. The first-order valence-electron chi connectivity index (χ1n) is 21.3. The number of carbonyl (C=O) groups excluding carboxylic acids is 6. The fourth-order valence-corrected chi connectivity index (χ4v) is 10.5. The molecule has 6 rings (SSSR count). The summed E-state index contributed by atoms with van der Waals surface area (Å²) < 4.78 is 30.1. The molecule has 0 aliphatic heterocycles. The van der Waals surface area contributed by atoms with E-state index in [9.17, 15) is 39.3 Å². The monoisotopic (exact) mass is 876 g/mol. The van der Waals surface area contributed by atoms with Crippen LogP contribution in [-0.4, -0.2) is 112 Å². The summed E-state index contributed by atoms with van der Waals surface area (Å²) in [5, 5.41) is 43.3. The number of likely N-dealkylation sites (N-methyl/N-ethyl adjacent to an activating group) is 1. The molecular weight excluding hydrogens is 817 g/mol. The van der Waals surface area contributed by atoms with Crippen LogP contribution >= 0.6 is 0 Å². The van der Waals surface area contributed by atoms with Gasteiger partial charge in [0.25, 0.3) is 0 Å². The molecule has 16 nitrogen and oxygen atoms in total. The van der Waals surface area contributed by atoms with Gasteiger partial charge in [-0.2, -0.15) is 0 Å². The minimum atomic E-state index is -2.35. The maximum Gasteiger partial charge on any atom is 0.408 e. The van der Waals surface area contributed by atoms with Crippen molar-refractivity contribution in [3.8, 4) is 0 Å². The van der Waals surface area contributed by atoms with E-state index in [1.165, 1.54) is 40.0 Å². The highest BCUT2D eigenvalue weighted by Crippen LogP contribution is 2.67. The highest BCUT2D eigenvalue weighted by Gasteiger charge is 2.77. The summed E-state index contributed by atoms with van der Waals surface area (Å²) in [5.74, 6) is -6.48. The van der Waals surface area contributed by atoms with Gasteiger partial charge in [0.05, 0.1) is 29.5 Å². The van der Waals surface area contributed by atoms with Crippen LogP contribution in [0.2, 0.25) is 0 Å². The number of carbonyl (C=O) groups is 6. The van der Waals surface area contributed by atoms with Crippen molar-refractivity contribution in [2.24, 2.45) is 22.7 Å². The number of nitrogens with one attached hydrogen (secondary N) is 2. The number of ether oxygens (including phenoxy) is 5. The normalized spacial score (nSPS) is 31.8. The molecule has 2 aromatic carbocycles. The van der Waals surface area contributed by atoms with Crippen molar-refractivity contribution in [2.45, 2.75) is 134 Å². The fourth-order valence-electron chi connectivity index (χ4n) is 10.5. The Kier molecular flexibility index (Phi) is 13.1. The number of alkyl carbamates (subject to hydrolysis) is 1. The zero-order valence-electron chi connectivity index (χ0n) is 37.3. The van der Waals surface area contributed by atoms with E-state index in [4.69, 9.17) is 23.7 Å². The molecule has 2 aromatic rings. The predicted octanol–water partition coefficient (Wildman–Crippen LogP) is 4.04. The number of hydrogen-bond acceptors (Lipinski definition) is 15. The van der Waals surface area contributed by atoms with E-state index in [2.05, 4.69) is 10.6 Å². The predicted molar refractivity (Wildman–Crippen MR) is 224 cm³/mol. The van der Waals surface area contributed by atoms with Gasteiger partial charge in [0.1, 0.15) is 41.2 Å². The average Bonchev–Trinajstić information content (AvgIpc) is 3.20. The molecule has 5 N–H and O–H groups in total. The van der Waals surface area contributed by atoms with Crippen molar-refractivity contribution < 1.29 is 67.8 Å². The van der Waals surface area contributed by atoms with Crippen LogP contribution in [0.1, 0.15) is 103 Å². The second-order valence-electron chi connectivity index (χ2n) is 19.0. The topological polar surface area (TPSA) is 233 Å². The SMILES string of the molecule is CNCC(=O)O[C@@H](C(=O)O[C@H]1C[C@@]2(O)[C@@H](OC(=O)c3ccccc3)[C@@H]3[C@]4(OC(C)=O)CC[C@@H]4C[C@H](O)[C@@]3(C)C(=O)[C@H](O)C(=C1C)C2(C)C)[C@@H](NC(=O)OC(C)(C)C)c1ccccc1. The van der Waals surface area contributed by atoms with Gasteiger partial charge in [-0.1, -0.05) is 62.4 Å². The third-order valence-electron chi connectivity index (χ3n) is 13.7. The Labute approximate surface area is 367 Å². The van der Waals surface area contributed by atoms with Gasteiger partial charge in [-0.15, -0.1) is 0 Å². The van der Waals surface area contributed by atoms with Crippen molar-refractivity contribution in [3.63, 3.8) is 0 Å². The number of ketones is 1. The molecule has 0 radical (unpaired) electrons. The van der Waals surface area contributed by atoms with E-state index in [0.29, 0.717) is 12.0 Å². The first-order chi connectivity index (χ1) is 29.4. The summed E-state index contributed by atoms with van der Waals surface area (Å²) in [6, 6.07) is 14.8. The molecule has 4 aliphatic rings. The van der Waals surface area contributed by atoms with Crippen LogP contribution in [0.4, 0.5) is 4.79 Å². The lowest BCUT2D eigenvalue weighted by Crippen LogP contribution is -2.78. The van der Waals surface area contributed by atoms with Gasteiger partial charge in [-0.25, -0.2) is 14.4 Å². The maximum atomic E-state index is 15.1. The van der Waals surface area contributed by atoms with Gasteiger partial charge < -0.3 is 49.6 Å². The molecule has 0 aromatic heterocycles. The number of esters is 4. The van der Waals surface area contributed by atoms with Gasteiger partial charge in [0, 0.05) is 24.7 Å². The van der Waals surface area contributed by atoms with Gasteiger partial charge in [0.15, 0.2) is 5.78 Å². The van der Waals surface area contributed by atoms with Crippen molar-refractivity contribution in [2.75, 3.05) is 13.6 Å². The Hall–Kier alpha value is -5.16. The first kappa shape index (κ1) is 47.3. The molecule has 4 aliphatic carbocycles. The van der Waals surface area contributed by atoms with Crippen LogP contribution in [-0.2, 0) is 42.9 Å². The van der Waals surface area contributed by atoms with Gasteiger partial charge >= 0.3 is 30.0 Å². The van der Waals surface area contributed by atoms with Crippen molar-refractivity contribution in [1.29, 1.82) is 0 Å². The van der Waals surface area contributed by atoms with Crippen LogP contribution in [0, 0.1) is 22.7 Å². The van der Waals surface area contributed by atoms with Crippen molar-refractivity contribution >= 4 is 35.8 Å². The Bertz CT molecular complexity index is 2130. The third kappa shape index (κ3) is 8.50. The lowest BCUT2D eigenvalue weighted by Gasteiger charge is -2.68. The summed E-state index contributed by atoms with van der Waals surface area (Å²) >= 11 is 0. The average molecular weight is 877 g/mol. The number of amides is 1. The molecule has 11 atom stereocenters.